The lowest BCUT2D eigenvalue weighted by Crippen LogP contribution is -2.17. The van der Waals surface area contributed by atoms with E-state index in [0.29, 0.717) is 5.92 Å². The topological polar surface area (TPSA) is 52.0 Å². The molecular weight excluding hydrogens is 653 g/mol. The van der Waals surface area contributed by atoms with Gasteiger partial charge in [-0.1, -0.05) is 105 Å². The number of nitrogens with two attached hydrogens (primary N) is 1. The Balaban J connectivity index is 1.01. The minimum absolute atomic E-state index is 0.105. The Morgan fingerprint density at radius 2 is 1.58 bits per heavy atom. The number of nitrogens with zero attached hydrogens (tertiary/aromatic N) is 1. The van der Waals surface area contributed by atoms with Gasteiger partial charge in [0.25, 0.3) is 0 Å². The lowest BCUT2D eigenvalue weighted by Gasteiger charge is -2.27. The maximum absolute atomic E-state index is 6.35. The summed E-state index contributed by atoms with van der Waals surface area (Å²) in [6, 6.07) is 45.9. The molecule has 2 N–H and O–H groups in total. The molecule has 0 fully saturated rings. The summed E-state index contributed by atoms with van der Waals surface area (Å²) in [5.41, 5.74) is 23.0. The molecule has 0 spiro atoms. The van der Waals surface area contributed by atoms with Gasteiger partial charge in [-0.2, -0.15) is 0 Å². The monoisotopic (exact) mass is 690 g/mol. The first kappa shape index (κ1) is 31.1. The second kappa shape index (κ2) is 11.9. The number of furan rings is 1. The van der Waals surface area contributed by atoms with Crippen LogP contribution in [0, 0.1) is 0 Å². The summed E-state index contributed by atoms with van der Waals surface area (Å²) in [7, 11) is 0. The third-order valence-electron chi connectivity index (χ3n) is 11.3. The van der Waals surface area contributed by atoms with Gasteiger partial charge in [0.15, 0.2) is 0 Å². The highest BCUT2D eigenvalue weighted by Gasteiger charge is 2.40. The SMILES string of the molecule is CC1(C)C2=CC(c3cccc(-c4cc(CCc5ccccc5N)cc(-c5nc6ccccc6s5)c4)c3)CC=C2c2cc3oc4ccccc4c3cc21. The van der Waals surface area contributed by atoms with Crippen LogP contribution >= 0.6 is 11.3 Å². The summed E-state index contributed by atoms with van der Waals surface area (Å²) in [6.07, 6.45) is 7.76. The summed E-state index contributed by atoms with van der Waals surface area (Å²) in [4.78, 5) is 5.05. The molecule has 0 amide bonds. The number of aromatic nitrogens is 1. The molecule has 2 aromatic heterocycles. The third kappa shape index (κ3) is 5.12. The lowest BCUT2D eigenvalue weighted by molar-refractivity contribution is 0.647. The molecule has 0 saturated carbocycles. The van der Waals surface area contributed by atoms with Gasteiger partial charge < -0.3 is 10.2 Å². The second-order valence-corrected chi connectivity index (χ2v) is 15.9. The Labute approximate surface area is 307 Å². The zero-order valence-electron chi connectivity index (χ0n) is 29.3. The molecule has 8 aromatic rings. The van der Waals surface area contributed by atoms with Gasteiger partial charge in [-0.3, -0.25) is 0 Å². The first-order valence-corrected chi connectivity index (χ1v) is 19.0. The number of allylic oxidation sites excluding steroid dienone is 4. The van der Waals surface area contributed by atoms with Crippen LogP contribution in [0.4, 0.5) is 5.69 Å². The summed E-state index contributed by atoms with van der Waals surface area (Å²) in [5, 5.41) is 3.44. The number of benzene rings is 6. The molecule has 1 atom stereocenters. The highest BCUT2D eigenvalue weighted by atomic mass is 32.1. The number of hydrogen-bond donors (Lipinski definition) is 1. The average Bonchev–Trinajstić information content (AvgIpc) is 3.84. The van der Waals surface area contributed by atoms with Crippen LogP contribution in [0.5, 0.6) is 0 Å². The smallest absolute Gasteiger partial charge is 0.136 e. The van der Waals surface area contributed by atoms with Gasteiger partial charge in [-0.05, 0) is 118 Å². The molecule has 10 rings (SSSR count). The zero-order valence-corrected chi connectivity index (χ0v) is 30.1. The van der Waals surface area contributed by atoms with Crippen molar-refractivity contribution in [3.05, 3.63) is 173 Å². The van der Waals surface area contributed by atoms with E-state index in [1.807, 2.05) is 18.2 Å². The number of hydrogen-bond acceptors (Lipinski definition) is 4. The molecule has 2 heterocycles. The van der Waals surface area contributed by atoms with Crippen molar-refractivity contribution in [1.82, 2.24) is 4.98 Å². The molecule has 52 heavy (non-hydrogen) atoms. The second-order valence-electron chi connectivity index (χ2n) is 14.9. The van der Waals surface area contributed by atoms with E-state index < -0.39 is 0 Å². The molecule has 2 aliphatic carbocycles. The van der Waals surface area contributed by atoms with Crippen molar-refractivity contribution >= 4 is 54.8 Å². The number of para-hydroxylation sites is 3. The van der Waals surface area contributed by atoms with Gasteiger partial charge in [-0.25, -0.2) is 4.98 Å². The van der Waals surface area contributed by atoms with E-state index in [4.69, 9.17) is 15.1 Å². The minimum Gasteiger partial charge on any atom is -0.456 e. The number of fused-ring (bicyclic) bond motifs is 7. The summed E-state index contributed by atoms with van der Waals surface area (Å²) in [5.74, 6) is 0.295. The van der Waals surface area contributed by atoms with Gasteiger partial charge in [0, 0.05) is 33.4 Å². The van der Waals surface area contributed by atoms with Gasteiger partial charge in [0.2, 0.25) is 0 Å². The zero-order chi connectivity index (χ0) is 35.0. The van der Waals surface area contributed by atoms with Gasteiger partial charge in [0.1, 0.15) is 16.2 Å². The number of aryl methyl sites for hydroxylation is 2. The quantitative estimate of drug-likeness (QED) is 0.177. The molecule has 0 radical (unpaired) electrons. The van der Waals surface area contributed by atoms with Crippen LogP contribution in [0.1, 0.15) is 54.0 Å². The van der Waals surface area contributed by atoms with E-state index in [1.165, 1.54) is 65.6 Å². The molecule has 0 saturated heterocycles. The largest absolute Gasteiger partial charge is 0.456 e. The number of rotatable bonds is 6. The fourth-order valence-corrected chi connectivity index (χ4v) is 9.47. The van der Waals surface area contributed by atoms with Crippen molar-refractivity contribution in [2.75, 3.05) is 5.73 Å². The van der Waals surface area contributed by atoms with Gasteiger partial charge in [-0.15, -0.1) is 11.3 Å². The standard InChI is InChI=1S/C48H38N2OS/c1-48(2)40-26-33(20-21-36(40)38-28-45-39(27-41(38)48)37-13-4-7-16-44(37)51-45)31-11-9-12-32(24-31)34-22-29(18-19-30-10-3-5-14-42(30)49)23-35(25-34)47-50-43-15-6-8-17-46(43)52-47/h3-17,21-28,33H,18-20,49H2,1-2H3. The highest BCUT2D eigenvalue weighted by Crippen LogP contribution is 2.54. The molecule has 0 bridgehead atoms. The van der Waals surface area contributed by atoms with Crippen molar-refractivity contribution in [3.8, 4) is 21.7 Å². The molecule has 252 valence electrons. The highest BCUT2D eigenvalue weighted by molar-refractivity contribution is 7.21. The Kier molecular flexibility index (Phi) is 7.13. The number of thiazole rings is 1. The minimum atomic E-state index is -0.105. The van der Waals surface area contributed by atoms with E-state index >= 15 is 0 Å². The van der Waals surface area contributed by atoms with E-state index in [1.54, 1.807) is 11.3 Å². The fourth-order valence-electron chi connectivity index (χ4n) is 8.51. The van der Waals surface area contributed by atoms with E-state index in [2.05, 4.69) is 135 Å². The Morgan fingerprint density at radius 1 is 0.750 bits per heavy atom. The molecular formula is C48H38N2OS. The first-order chi connectivity index (χ1) is 25.4. The van der Waals surface area contributed by atoms with E-state index in [0.717, 1.165) is 52.2 Å². The fraction of sp³-hybridized carbons (Fsp3) is 0.146. The average molecular weight is 691 g/mol. The van der Waals surface area contributed by atoms with Crippen LogP contribution < -0.4 is 5.73 Å². The van der Waals surface area contributed by atoms with Crippen LogP contribution in [0.3, 0.4) is 0 Å². The van der Waals surface area contributed by atoms with Crippen molar-refractivity contribution in [2.24, 2.45) is 0 Å². The number of nitrogen functional groups attached to an aromatic ring is 1. The Morgan fingerprint density at radius 3 is 2.48 bits per heavy atom. The molecule has 4 heteroatoms. The van der Waals surface area contributed by atoms with E-state index in [-0.39, 0.29) is 5.41 Å². The van der Waals surface area contributed by atoms with Crippen LogP contribution in [0.2, 0.25) is 0 Å². The summed E-state index contributed by atoms with van der Waals surface area (Å²) in [6.45, 7) is 4.76. The van der Waals surface area contributed by atoms with E-state index in [9.17, 15) is 0 Å². The van der Waals surface area contributed by atoms with Gasteiger partial charge >= 0.3 is 0 Å². The van der Waals surface area contributed by atoms with Crippen molar-refractivity contribution < 1.29 is 4.42 Å². The molecule has 1 unspecified atom stereocenters. The van der Waals surface area contributed by atoms with Crippen LogP contribution in [0.25, 0.3) is 59.4 Å². The lowest BCUT2D eigenvalue weighted by atomic mass is 9.77. The normalized spacial score (nSPS) is 16.2. The van der Waals surface area contributed by atoms with Crippen LogP contribution in [-0.4, -0.2) is 4.98 Å². The number of anilines is 1. The molecule has 0 aliphatic heterocycles. The van der Waals surface area contributed by atoms with Gasteiger partial charge in [0.05, 0.1) is 10.2 Å². The third-order valence-corrected chi connectivity index (χ3v) is 12.4. The maximum atomic E-state index is 6.35. The molecule has 3 nitrogen and oxygen atoms in total. The predicted octanol–water partition coefficient (Wildman–Crippen LogP) is 12.7. The Bertz CT molecular complexity index is 2740. The Hall–Kier alpha value is -5.71. The molecule has 2 aliphatic rings. The molecule has 6 aromatic carbocycles. The van der Waals surface area contributed by atoms with Crippen molar-refractivity contribution in [3.63, 3.8) is 0 Å². The van der Waals surface area contributed by atoms with Crippen LogP contribution in [-0.2, 0) is 18.3 Å². The van der Waals surface area contributed by atoms with Crippen molar-refractivity contribution in [1.29, 1.82) is 0 Å². The van der Waals surface area contributed by atoms with Crippen molar-refractivity contribution in [2.45, 2.75) is 44.4 Å². The predicted molar refractivity (Wildman–Crippen MR) is 219 cm³/mol. The summed E-state index contributed by atoms with van der Waals surface area (Å²) < 4.78 is 7.53. The maximum Gasteiger partial charge on any atom is 0.136 e. The van der Waals surface area contributed by atoms with Crippen LogP contribution in [0.15, 0.2) is 150 Å². The summed E-state index contributed by atoms with van der Waals surface area (Å²) >= 11 is 1.76. The first-order valence-electron chi connectivity index (χ1n) is 18.2.